The van der Waals surface area contributed by atoms with E-state index in [0.29, 0.717) is 0 Å². The van der Waals surface area contributed by atoms with E-state index in [-0.39, 0.29) is 6.10 Å². The molecular weight excluding hydrogens is 173 g/mol. The second-order valence-electron chi connectivity index (χ2n) is 3.38. The molecule has 1 heterocycles. The van der Waals surface area contributed by atoms with Crippen molar-refractivity contribution in [1.29, 1.82) is 0 Å². The number of hydrogen-bond donors (Lipinski definition) is 1. The first-order valence-corrected chi connectivity index (χ1v) is 4.73. The second-order valence-corrected chi connectivity index (χ2v) is 3.38. The molecule has 5 nitrogen and oxygen atoms in total. The van der Waals surface area contributed by atoms with Gasteiger partial charge in [0.05, 0.1) is 6.10 Å². The molecule has 0 bridgehead atoms. The largest absolute Gasteiger partial charge is 0.673 e. The first kappa shape index (κ1) is 9.42. The van der Waals surface area contributed by atoms with Crippen molar-refractivity contribution in [2.75, 3.05) is 0 Å². The van der Waals surface area contributed by atoms with Gasteiger partial charge >= 0.3 is 7.32 Å². The molecule has 1 saturated carbocycles. The van der Waals surface area contributed by atoms with Gasteiger partial charge in [-0.25, -0.2) is 9.69 Å². The van der Waals surface area contributed by atoms with Crippen molar-refractivity contribution in [3.05, 3.63) is 0 Å². The molecule has 0 unspecified atom stereocenters. The van der Waals surface area contributed by atoms with E-state index in [4.69, 9.17) is 24.7 Å². The van der Waals surface area contributed by atoms with E-state index in [9.17, 15) is 0 Å². The molecule has 0 aromatic rings. The van der Waals surface area contributed by atoms with E-state index < -0.39 is 13.7 Å². The van der Waals surface area contributed by atoms with Gasteiger partial charge in [0.25, 0.3) is 0 Å². The lowest BCUT2D eigenvalue weighted by Gasteiger charge is -2.29. The second kappa shape index (κ2) is 4.39. The van der Waals surface area contributed by atoms with Crippen molar-refractivity contribution in [2.45, 2.75) is 44.6 Å². The molecule has 2 N–H and O–H groups in total. The first-order chi connectivity index (χ1) is 6.34. The summed E-state index contributed by atoms with van der Waals surface area (Å²) in [5.74, 6) is 0. The van der Waals surface area contributed by atoms with Gasteiger partial charge in [-0.1, -0.05) is 19.3 Å². The van der Waals surface area contributed by atoms with E-state index in [1.165, 1.54) is 19.3 Å². The van der Waals surface area contributed by atoms with Gasteiger partial charge < -0.3 is 9.31 Å². The third-order valence-electron chi connectivity index (χ3n) is 2.31. The minimum atomic E-state index is -0.725. The van der Waals surface area contributed by atoms with Gasteiger partial charge in [0, 0.05) is 0 Å². The summed E-state index contributed by atoms with van der Waals surface area (Å²) in [4.78, 5) is 9.99. The fourth-order valence-electron chi connectivity index (χ4n) is 1.56. The summed E-state index contributed by atoms with van der Waals surface area (Å²) in [7, 11) is -0.725. The first-order valence-electron chi connectivity index (χ1n) is 4.73. The summed E-state index contributed by atoms with van der Waals surface area (Å²) in [6, 6.07) is 0. The maximum Gasteiger partial charge on any atom is 0.673 e. The Hall–Kier alpha value is -0.135. The van der Waals surface area contributed by atoms with E-state index in [2.05, 4.69) is 0 Å². The SMILES string of the molecule is NC1OB(OOC2CCCCC2)O1. The van der Waals surface area contributed by atoms with Crippen LogP contribution in [0.25, 0.3) is 0 Å². The van der Waals surface area contributed by atoms with Gasteiger partial charge in [-0.3, -0.25) is 5.73 Å². The summed E-state index contributed by atoms with van der Waals surface area (Å²) in [6.07, 6.45) is 5.36. The van der Waals surface area contributed by atoms with Crippen molar-refractivity contribution in [3.63, 3.8) is 0 Å². The van der Waals surface area contributed by atoms with Crippen LogP contribution in [0.15, 0.2) is 0 Å². The molecule has 0 radical (unpaired) electrons. The van der Waals surface area contributed by atoms with Crippen LogP contribution < -0.4 is 5.73 Å². The van der Waals surface area contributed by atoms with Crippen LogP contribution in [-0.4, -0.2) is 19.8 Å². The van der Waals surface area contributed by atoms with Crippen molar-refractivity contribution in [1.82, 2.24) is 0 Å². The molecule has 0 spiro atoms. The van der Waals surface area contributed by atoms with Crippen LogP contribution in [-0.2, 0) is 19.0 Å². The van der Waals surface area contributed by atoms with Gasteiger partial charge in [-0.2, -0.15) is 0 Å². The lowest BCUT2D eigenvalue weighted by molar-refractivity contribution is -0.313. The van der Waals surface area contributed by atoms with Crippen molar-refractivity contribution < 1.29 is 19.0 Å². The Labute approximate surface area is 77.6 Å². The fraction of sp³-hybridized carbons (Fsp3) is 1.00. The van der Waals surface area contributed by atoms with E-state index >= 15 is 0 Å². The summed E-state index contributed by atoms with van der Waals surface area (Å²) < 4.78 is 9.68. The topological polar surface area (TPSA) is 62.9 Å². The van der Waals surface area contributed by atoms with Gasteiger partial charge in [-0.05, 0) is 12.8 Å². The predicted octanol–water partition coefficient (Wildman–Crippen LogP) is 0.541. The third kappa shape index (κ3) is 2.65. The summed E-state index contributed by atoms with van der Waals surface area (Å²) in [6.45, 7) is 0. The summed E-state index contributed by atoms with van der Waals surface area (Å²) in [5, 5.41) is 0. The van der Waals surface area contributed by atoms with Crippen LogP contribution in [0.4, 0.5) is 0 Å². The maximum atomic E-state index is 5.20. The molecule has 0 amide bonds. The molecule has 13 heavy (non-hydrogen) atoms. The molecule has 2 aliphatic rings. The van der Waals surface area contributed by atoms with Gasteiger partial charge in [0.2, 0.25) is 0 Å². The van der Waals surface area contributed by atoms with Crippen molar-refractivity contribution >= 4 is 7.32 Å². The molecule has 1 aliphatic carbocycles. The number of nitrogens with two attached hydrogens (primary N) is 1. The molecule has 2 rings (SSSR count). The maximum absolute atomic E-state index is 5.20. The highest BCUT2D eigenvalue weighted by atomic mass is 17.2. The average Bonchev–Trinajstić information content (AvgIpc) is 2.12. The highest BCUT2D eigenvalue weighted by molar-refractivity contribution is 6.38. The van der Waals surface area contributed by atoms with Crippen LogP contribution in [0.2, 0.25) is 0 Å². The standard InChI is InChI=1S/C7H14BNO4/c9-7-10-8(11-7)13-12-6-4-2-1-3-5-6/h6-7H,1-5,9H2. The molecular formula is C7H14BNO4. The average molecular weight is 187 g/mol. The molecule has 0 aromatic heterocycles. The molecule has 0 aromatic carbocycles. The lowest BCUT2D eigenvalue weighted by Crippen LogP contribution is -2.52. The molecule has 74 valence electrons. The minimum absolute atomic E-state index is 0.192. The van der Waals surface area contributed by atoms with Crippen LogP contribution in [0.5, 0.6) is 0 Å². The molecule has 1 saturated heterocycles. The summed E-state index contributed by atoms with van der Waals surface area (Å²) in [5.41, 5.74) is 5.20. The van der Waals surface area contributed by atoms with Crippen molar-refractivity contribution in [3.8, 4) is 0 Å². The zero-order valence-corrected chi connectivity index (χ0v) is 7.48. The number of hydrogen-bond acceptors (Lipinski definition) is 5. The quantitative estimate of drug-likeness (QED) is 0.397. The highest BCUT2D eigenvalue weighted by Gasteiger charge is 2.39. The Morgan fingerprint density at radius 3 is 2.46 bits per heavy atom. The lowest BCUT2D eigenvalue weighted by atomic mass is 9.98. The Kier molecular flexibility index (Phi) is 3.18. The molecule has 1 aliphatic heterocycles. The zero-order valence-electron chi connectivity index (χ0n) is 7.48. The normalized spacial score (nSPS) is 26.1. The molecule has 2 fully saturated rings. The van der Waals surface area contributed by atoms with E-state index in [0.717, 1.165) is 12.8 Å². The van der Waals surface area contributed by atoms with E-state index in [1.54, 1.807) is 0 Å². The molecule has 6 heteroatoms. The zero-order chi connectivity index (χ0) is 9.10. The highest BCUT2D eigenvalue weighted by Crippen LogP contribution is 2.21. The Morgan fingerprint density at radius 1 is 1.15 bits per heavy atom. The van der Waals surface area contributed by atoms with Crippen LogP contribution in [0, 0.1) is 0 Å². The Morgan fingerprint density at radius 2 is 1.85 bits per heavy atom. The van der Waals surface area contributed by atoms with Crippen LogP contribution in [0.3, 0.4) is 0 Å². The summed E-state index contributed by atoms with van der Waals surface area (Å²) >= 11 is 0. The van der Waals surface area contributed by atoms with Gasteiger partial charge in [0.15, 0.2) is 6.41 Å². The van der Waals surface area contributed by atoms with Gasteiger partial charge in [-0.15, -0.1) is 0 Å². The minimum Gasteiger partial charge on any atom is -0.346 e. The molecule has 0 atom stereocenters. The van der Waals surface area contributed by atoms with Crippen LogP contribution >= 0.6 is 0 Å². The van der Waals surface area contributed by atoms with Crippen molar-refractivity contribution in [2.24, 2.45) is 5.73 Å². The predicted molar refractivity (Wildman–Crippen MR) is 44.9 cm³/mol. The third-order valence-corrected chi connectivity index (χ3v) is 2.31. The monoisotopic (exact) mass is 187 g/mol. The fourth-order valence-corrected chi connectivity index (χ4v) is 1.56. The van der Waals surface area contributed by atoms with Gasteiger partial charge in [0.1, 0.15) is 0 Å². The smallest absolute Gasteiger partial charge is 0.346 e. The Balaban J connectivity index is 1.56. The van der Waals surface area contributed by atoms with E-state index in [1.807, 2.05) is 0 Å². The van der Waals surface area contributed by atoms with Crippen LogP contribution in [0.1, 0.15) is 32.1 Å². The Bertz CT molecular complexity index is 159. The number of rotatable bonds is 3.